The highest BCUT2D eigenvalue weighted by Crippen LogP contribution is 2.41. The van der Waals surface area contributed by atoms with Crippen molar-refractivity contribution in [1.29, 1.82) is 0 Å². The summed E-state index contributed by atoms with van der Waals surface area (Å²) >= 11 is 9.11. The van der Waals surface area contributed by atoms with E-state index in [2.05, 4.69) is 38.1 Å². The van der Waals surface area contributed by atoms with E-state index in [0.29, 0.717) is 11.1 Å². The van der Waals surface area contributed by atoms with Crippen LogP contribution in [0.4, 0.5) is 23.2 Å². The summed E-state index contributed by atoms with van der Waals surface area (Å²) < 4.78 is 58.1. The van der Waals surface area contributed by atoms with Crippen LogP contribution in [0, 0.1) is 11.2 Å². The van der Waals surface area contributed by atoms with Crippen molar-refractivity contribution in [3.8, 4) is 5.69 Å². The fourth-order valence-corrected chi connectivity index (χ4v) is 8.11. The molecule has 262 valence electrons. The summed E-state index contributed by atoms with van der Waals surface area (Å²) in [5.41, 5.74) is 0.138. The Hall–Kier alpha value is -4.14. The van der Waals surface area contributed by atoms with Gasteiger partial charge in [-0.05, 0) is 68.6 Å². The number of likely N-dealkylation sites (tertiary alicyclic amines) is 1. The van der Waals surface area contributed by atoms with Crippen molar-refractivity contribution in [2.45, 2.75) is 38.8 Å². The molecule has 1 N–H and O–H groups in total. The predicted molar refractivity (Wildman–Crippen MR) is 183 cm³/mol. The first-order valence-electron chi connectivity index (χ1n) is 15.9. The number of benzene rings is 3. The van der Waals surface area contributed by atoms with E-state index in [4.69, 9.17) is 11.6 Å². The zero-order chi connectivity index (χ0) is 35.7. The molecule has 3 aliphatic heterocycles. The van der Waals surface area contributed by atoms with E-state index < -0.39 is 41.1 Å². The van der Waals surface area contributed by atoms with Crippen LogP contribution in [0.25, 0.3) is 5.69 Å². The summed E-state index contributed by atoms with van der Waals surface area (Å²) in [6, 6.07) is 14.0. The van der Waals surface area contributed by atoms with Crippen LogP contribution in [0.2, 0.25) is 5.02 Å². The van der Waals surface area contributed by atoms with E-state index in [9.17, 15) is 31.9 Å². The minimum absolute atomic E-state index is 0.0165. The second kappa shape index (κ2) is 12.6. The van der Waals surface area contributed by atoms with Gasteiger partial charge >= 0.3 is 11.9 Å². The smallest absolute Gasteiger partial charge is 0.370 e. The van der Waals surface area contributed by atoms with Gasteiger partial charge in [0.05, 0.1) is 23.5 Å². The molecule has 0 aliphatic carbocycles. The summed E-state index contributed by atoms with van der Waals surface area (Å²) in [6.45, 7) is 5.08. The number of carbonyl (C=O) groups excluding carboxylic acids is 2. The number of fused-ring (bicyclic) bond motifs is 1. The third kappa shape index (κ3) is 6.00. The molecule has 0 bridgehead atoms. The number of hydrogen-bond donors (Lipinski definition) is 1. The zero-order valence-corrected chi connectivity index (χ0v) is 29.4. The van der Waals surface area contributed by atoms with E-state index in [1.807, 2.05) is 12.1 Å². The predicted octanol–water partition coefficient (Wildman–Crippen LogP) is 5.94. The minimum atomic E-state index is -4.70. The first-order valence-corrected chi connectivity index (χ1v) is 17.1. The third-order valence-corrected chi connectivity index (χ3v) is 10.8. The Bertz CT molecular complexity index is 2050. The van der Waals surface area contributed by atoms with Gasteiger partial charge in [0.25, 0.3) is 11.8 Å². The number of hydrogen-bond acceptors (Lipinski definition) is 5. The maximum atomic E-state index is 14.6. The number of imidazole rings is 1. The van der Waals surface area contributed by atoms with Gasteiger partial charge in [-0.25, -0.2) is 9.18 Å². The zero-order valence-electron chi connectivity index (χ0n) is 27.0. The van der Waals surface area contributed by atoms with Gasteiger partial charge in [0.15, 0.2) is 0 Å². The van der Waals surface area contributed by atoms with Gasteiger partial charge in [0.2, 0.25) is 0 Å². The summed E-state index contributed by atoms with van der Waals surface area (Å²) in [5.74, 6) is -2.03. The average molecular weight is 776 g/mol. The van der Waals surface area contributed by atoms with Gasteiger partial charge in [-0.1, -0.05) is 33.6 Å². The molecule has 2 amide bonds. The number of carbonyl (C=O) groups is 2. The van der Waals surface area contributed by atoms with Crippen LogP contribution in [0.1, 0.15) is 44.6 Å². The van der Waals surface area contributed by atoms with Crippen molar-refractivity contribution in [2.24, 2.45) is 5.41 Å². The van der Waals surface area contributed by atoms with Crippen LogP contribution < -0.4 is 15.9 Å². The molecule has 2 fully saturated rings. The van der Waals surface area contributed by atoms with Crippen molar-refractivity contribution in [3.05, 3.63) is 115 Å². The quantitative estimate of drug-likeness (QED) is 0.246. The molecule has 0 saturated carbocycles. The molecule has 9 nitrogen and oxygen atoms in total. The second-order valence-corrected chi connectivity index (χ2v) is 14.7. The highest BCUT2D eigenvalue weighted by molar-refractivity contribution is 9.10. The maximum absolute atomic E-state index is 14.6. The number of halogens is 6. The highest BCUT2D eigenvalue weighted by Gasteiger charge is 2.50. The fourth-order valence-electron chi connectivity index (χ4n) is 7.41. The third-order valence-electron chi connectivity index (χ3n) is 9.76. The molecule has 0 unspecified atom stereocenters. The molecular weight excluding hydrogens is 744 g/mol. The molecule has 4 heterocycles. The van der Waals surface area contributed by atoms with E-state index in [1.54, 1.807) is 19.1 Å². The molecule has 4 aromatic rings. The molecule has 7 rings (SSSR count). The Kier molecular flexibility index (Phi) is 8.63. The molecule has 3 aliphatic rings. The fraction of sp³-hybridized carbons (Fsp3) is 0.343. The second-order valence-electron chi connectivity index (χ2n) is 13.4. The van der Waals surface area contributed by atoms with Crippen molar-refractivity contribution < 1.29 is 27.2 Å². The lowest BCUT2D eigenvalue weighted by Gasteiger charge is -2.60. The number of nitrogens with one attached hydrogen (secondary N) is 1. The molecular formula is C35H32BrClF4N6O3. The number of amides is 2. The Morgan fingerprint density at radius 2 is 1.70 bits per heavy atom. The van der Waals surface area contributed by atoms with E-state index in [0.717, 1.165) is 44.0 Å². The number of anilines is 1. The first-order chi connectivity index (χ1) is 23.7. The minimum Gasteiger partial charge on any atom is -0.370 e. The lowest BCUT2D eigenvalue weighted by atomic mass is 9.73. The first kappa shape index (κ1) is 34.3. The molecule has 3 aromatic carbocycles. The van der Waals surface area contributed by atoms with Gasteiger partial charge in [-0.3, -0.25) is 18.7 Å². The SMILES string of the molecule is C[C@H]1Cn2c(c(C(=O)NCc3c(F)cccc3Cl)n(-c3ccc(N4CC5(CN(C)C5)C4)cc3)c2=O)CN1C(=O)c1ccc(Br)c(C(F)(F)F)c1. The molecule has 0 radical (unpaired) electrons. The maximum Gasteiger partial charge on any atom is 0.417 e. The lowest BCUT2D eigenvalue weighted by Crippen LogP contribution is -2.71. The number of nitrogens with zero attached hydrogens (tertiary/aromatic N) is 5. The monoisotopic (exact) mass is 774 g/mol. The van der Waals surface area contributed by atoms with E-state index in [-0.39, 0.29) is 51.6 Å². The number of aromatic nitrogens is 2. The van der Waals surface area contributed by atoms with E-state index in [1.165, 1.54) is 38.3 Å². The van der Waals surface area contributed by atoms with Crippen LogP contribution in [-0.2, 0) is 25.8 Å². The summed E-state index contributed by atoms with van der Waals surface area (Å²) in [5, 5.41) is 2.79. The standard InChI is InChI=1S/C35H32BrClF4N6O3/c1-20-14-46-29(15-45(20)32(49)21-6-11-26(36)25(12-21)35(39,40)41)30(31(48)42-13-24-27(37)4-3-5-28(24)38)47(33(46)50)23-9-7-22(8-10-23)44-18-34(19-44)16-43(2)17-34/h3-12,20H,13-19H2,1-2H3,(H,42,48)/t20-/m0/s1. The molecule has 1 atom stereocenters. The van der Waals surface area contributed by atoms with E-state index >= 15 is 0 Å². The molecule has 50 heavy (non-hydrogen) atoms. The van der Waals surface area contributed by atoms with Gasteiger partial charge in [-0.15, -0.1) is 0 Å². The van der Waals surface area contributed by atoms with Crippen LogP contribution in [-0.4, -0.2) is 70.0 Å². The normalized spacial score (nSPS) is 18.4. The van der Waals surface area contributed by atoms with Crippen LogP contribution in [0.3, 0.4) is 0 Å². The number of alkyl halides is 3. The Labute approximate surface area is 298 Å². The summed E-state index contributed by atoms with van der Waals surface area (Å²) in [4.78, 5) is 47.7. The Morgan fingerprint density at radius 3 is 2.34 bits per heavy atom. The van der Waals surface area contributed by atoms with Crippen LogP contribution >= 0.6 is 27.5 Å². The van der Waals surface area contributed by atoms with Crippen LogP contribution in [0.15, 0.2) is 69.9 Å². The Morgan fingerprint density at radius 1 is 1.02 bits per heavy atom. The molecule has 15 heteroatoms. The largest absolute Gasteiger partial charge is 0.417 e. The number of rotatable bonds is 6. The Balaban J connectivity index is 1.24. The van der Waals surface area contributed by atoms with Gasteiger partial charge in [0, 0.05) is 77.0 Å². The summed E-state index contributed by atoms with van der Waals surface area (Å²) in [6.07, 6.45) is -4.70. The molecule has 2 saturated heterocycles. The van der Waals surface area contributed by atoms with Crippen LogP contribution in [0.5, 0.6) is 0 Å². The molecule has 1 spiro atoms. The van der Waals surface area contributed by atoms with Crippen molar-refractivity contribution in [2.75, 3.05) is 38.1 Å². The van der Waals surface area contributed by atoms with Crippen molar-refractivity contribution >= 4 is 45.0 Å². The van der Waals surface area contributed by atoms with Crippen molar-refractivity contribution in [1.82, 2.24) is 24.3 Å². The topological polar surface area (TPSA) is 82.8 Å². The van der Waals surface area contributed by atoms with Gasteiger partial charge < -0.3 is 20.0 Å². The lowest BCUT2D eigenvalue weighted by molar-refractivity contribution is -0.138. The van der Waals surface area contributed by atoms with Gasteiger partial charge in [0.1, 0.15) is 11.5 Å². The average Bonchev–Trinajstić information content (AvgIpc) is 3.31. The van der Waals surface area contributed by atoms with Crippen molar-refractivity contribution in [3.63, 3.8) is 0 Å². The summed E-state index contributed by atoms with van der Waals surface area (Å²) in [7, 11) is 2.09. The van der Waals surface area contributed by atoms with Gasteiger partial charge in [-0.2, -0.15) is 13.2 Å². The highest BCUT2D eigenvalue weighted by atomic mass is 79.9. The molecule has 1 aromatic heterocycles.